The number of amides is 1. The molecule has 2 N–H and O–H groups in total. The van der Waals surface area contributed by atoms with E-state index in [9.17, 15) is 9.90 Å². The average Bonchev–Trinajstić information content (AvgIpc) is 2.58. The number of rotatable bonds is 7. The van der Waals surface area contributed by atoms with Crippen molar-refractivity contribution in [3.63, 3.8) is 0 Å². The Morgan fingerprint density at radius 2 is 2.08 bits per heavy atom. The molecule has 7 heteroatoms. The van der Waals surface area contributed by atoms with Crippen LogP contribution in [0.25, 0.3) is 0 Å². The summed E-state index contributed by atoms with van der Waals surface area (Å²) < 4.78 is 5.00. The highest BCUT2D eigenvalue weighted by atomic mass is 35.5. The minimum Gasteiger partial charge on any atom is -0.504 e. The first-order valence-corrected chi connectivity index (χ1v) is 8.63. The van der Waals surface area contributed by atoms with Crippen LogP contribution in [0.5, 0.6) is 11.5 Å². The van der Waals surface area contributed by atoms with Gasteiger partial charge in [0.2, 0.25) is 5.91 Å². The number of phenols is 1. The van der Waals surface area contributed by atoms with Gasteiger partial charge in [0.1, 0.15) is 0 Å². The van der Waals surface area contributed by atoms with Crippen molar-refractivity contribution < 1.29 is 14.6 Å². The smallest absolute Gasteiger partial charge is 0.250 e. The van der Waals surface area contributed by atoms with Crippen LogP contribution in [-0.4, -0.2) is 30.1 Å². The number of nitrogens with one attached hydrogen (secondary N) is 1. The second-order valence-electron chi connectivity index (χ2n) is 4.81. The van der Waals surface area contributed by atoms with E-state index in [1.807, 2.05) is 24.3 Å². The summed E-state index contributed by atoms with van der Waals surface area (Å²) >= 11 is 7.30. The number of carbonyl (C=O) groups excluding carboxylic acids is 1. The maximum atomic E-state index is 11.7. The third kappa shape index (κ3) is 5.47. The molecule has 0 aliphatic rings. The van der Waals surface area contributed by atoms with Gasteiger partial charge in [-0.15, -0.1) is 11.8 Å². The lowest BCUT2D eigenvalue weighted by molar-refractivity contribution is -0.118. The topological polar surface area (TPSA) is 70.9 Å². The van der Waals surface area contributed by atoms with Crippen LogP contribution >= 0.6 is 23.4 Å². The van der Waals surface area contributed by atoms with Gasteiger partial charge in [0.25, 0.3) is 0 Å². The van der Waals surface area contributed by atoms with Gasteiger partial charge in [-0.3, -0.25) is 4.79 Å². The van der Waals surface area contributed by atoms with E-state index in [0.29, 0.717) is 22.1 Å². The molecule has 1 amide bonds. The number of phenolic OH excluding ortho intramolecular Hbond substituents is 1. The van der Waals surface area contributed by atoms with Crippen LogP contribution in [0.1, 0.15) is 11.1 Å². The summed E-state index contributed by atoms with van der Waals surface area (Å²) in [6.07, 6.45) is 1.37. The van der Waals surface area contributed by atoms with E-state index in [1.54, 1.807) is 18.2 Å². The van der Waals surface area contributed by atoms with Crippen molar-refractivity contribution in [2.24, 2.45) is 5.10 Å². The Balaban J connectivity index is 1.77. The third-order valence-corrected chi connectivity index (χ3v) is 4.31. The summed E-state index contributed by atoms with van der Waals surface area (Å²) in [5.41, 5.74) is 3.99. The lowest BCUT2D eigenvalue weighted by Crippen LogP contribution is -2.19. The minimum atomic E-state index is -0.215. The zero-order valence-electron chi connectivity index (χ0n) is 13.0. The molecule has 0 aliphatic heterocycles. The van der Waals surface area contributed by atoms with E-state index in [-0.39, 0.29) is 17.4 Å². The molecule has 0 aliphatic carbocycles. The van der Waals surface area contributed by atoms with Crippen molar-refractivity contribution >= 4 is 35.5 Å². The van der Waals surface area contributed by atoms with Crippen molar-refractivity contribution in [2.75, 3.05) is 12.9 Å². The van der Waals surface area contributed by atoms with Crippen molar-refractivity contribution in [1.82, 2.24) is 5.43 Å². The van der Waals surface area contributed by atoms with Gasteiger partial charge >= 0.3 is 0 Å². The Labute approximate surface area is 149 Å². The normalized spacial score (nSPS) is 10.8. The van der Waals surface area contributed by atoms with E-state index >= 15 is 0 Å². The van der Waals surface area contributed by atoms with Gasteiger partial charge in [0.15, 0.2) is 11.5 Å². The molecule has 0 atom stereocenters. The molecule has 0 spiro atoms. The highest BCUT2D eigenvalue weighted by Gasteiger charge is 2.05. The van der Waals surface area contributed by atoms with Gasteiger partial charge in [0, 0.05) is 16.3 Å². The van der Waals surface area contributed by atoms with Crippen LogP contribution in [0.3, 0.4) is 0 Å². The van der Waals surface area contributed by atoms with Crippen molar-refractivity contribution in [1.29, 1.82) is 0 Å². The Morgan fingerprint density at radius 1 is 1.33 bits per heavy atom. The van der Waals surface area contributed by atoms with Gasteiger partial charge in [0.05, 0.1) is 19.1 Å². The first-order chi connectivity index (χ1) is 11.6. The fraction of sp³-hybridized carbons (Fsp3) is 0.176. The van der Waals surface area contributed by atoms with E-state index < -0.39 is 0 Å². The number of halogens is 1. The molecule has 0 bridgehead atoms. The molecule has 0 saturated heterocycles. The molecule has 0 radical (unpaired) electrons. The third-order valence-electron chi connectivity index (χ3n) is 3.06. The molecule has 0 aromatic heterocycles. The first-order valence-electron chi connectivity index (χ1n) is 7.10. The number of ether oxygens (including phenoxy) is 1. The van der Waals surface area contributed by atoms with Crippen LogP contribution < -0.4 is 10.2 Å². The fourth-order valence-corrected chi connectivity index (χ4v) is 2.76. The molecule has 2 rings (SSSR count). The predicted octanol–water partition coefficient (Wildman–Crippen LogP) is 3.44. The van der Waals surface area contributed by atoms with E-state index in [0.717, 1.165) is 5.56 Å². The zero-order valence-corrected chi connectivity index (χ0v) is 14.6. The van der Waals surface area contributed by atoms with Gasteiger partial charge in [-0.2, -0.15) is 5.10 Å². The van der Waals surface area contributed by atoms with E-state index in [2.05, 4.69) is 10.5 Å². The van der Waals surface area contributed by atoms with Crippen molar-refractivity contribution in [3.8, 4) is 11.5 Å². The summed E-state index contributed by atoms with van der Waals surface area (Å²) in [4.78, 5) is 11.7. The Bertz CT molecular complexity index is 720. The number of methoxy groups -OCH3 is 1. The van der Waals surface area contributed by atoms with Crippen LogP contribution in [0.2, 0.25) is 5.02 Å². The van der Waals surface area contributed by atoms with Crippen LogP contribution in [-0.2, 0) is 10.5 Å². The second-order valence-corrected chi connectivity index (χ2v) is 6.23. The maximum Gasteiger partial charge on any atom is 0.250 e. The molecule has 0 unspecified atom stereocenters. The summed E-state index contributed by atoms with van der Waals surface area (Å²) in [6.45, 7) is 0. The molecule has 24 heavy (non-hydrogen) atoms. The molecule has 0 heterocycles. The monoisotopic (exact) mass is 364 g/mol. The number of nitrogens with zero attached hydrogens (tertiary/aromatic N) is 1. The number of aromatic hydroxyl groups is 1. The van der Waals surface area contributed by atoms with Gasteiger partial charge in [-0.05, 0) is 29.8 Å². The zero-order chi connectivity index (χ0) is 17.4. The summed E-state index contributed by atoms with van der Waals surface area (Å²) in [5.74, 6) is 1.11. The lowest BCUT2D eigenvalue weighted by Gasteiger charge is -2.05. The fourth-order valence-electron chi connectivity index (χ4n) is 1.86. The first kappa shape index (κ1) is 18.2. The highest BCUT2D eigenvalue weighted by Crippen LogP contribution is 2.27. The van der Waals surface area contributed by atoms with Crippen molar-refractivity contribution in [2.45, 2.75) is 5.75 Å². The molecule has 0 saturated carbocycles. The van der Waals surface area contributed by atoms with Crippen LogP contribution in [0, 0.1) is 0 Å². The lowest BCUT2D eigenvalue weighted by atomic mass is 10.2. The maximum absolute atomic E-state index is 11.7. The largest absolute Gasteiger partial charge is 0.504 e. The Kier molecular flexibility index (Phi) is 6.96. The number of thioether (sulfide) groups is 1. The molecule has 2 aromatic rings. The van der Waals surface area contributed by atoms with E-state index in [1.165, 1.54) is 25.1 Å². The van der Waals surface area contributed by atoms with Gasteiger partial charge < -0.3 is 9.84 Å². The average molecular weight is 365 g/mol. The molecule has 2 aromatic carbocycles. The number of hydrazone groups is 1. The van der Waals surface area contributed by atoms with Gasteiger partial charge in [-0.1, -0.05) is 29.8 Å². The number of hydrogen-bond acceptors (Lipinski definition) is 5. The van der Waals surface area contributed by atoms with Crippen LogP contribution in [0.15, 0.2) is 47.6 Å². The quantitative estimate of drug-likeness (QED) is 0.583. The Morgan fingerprint density at radius 3 is 2.79 bits per heavy atom. The molecule has 5 nitrogen and oxygen atoms in total. The number of carbonyl (C=O) groups is 1. The predicted molar refractivity (Wildman–Crippen MR) is 98.0 cm³/mol. The molecule has 126 valence electrons. The number of benzene rings is 2. The SMILES string of the molecule is COc1cccc(C=NNC(=O)CSCc2ccc(Cl)cc2)c1O. The van der Waals surface area contributed by atoms with Crippen molar-refractivity contribution in [3.05, 3.63) is 58.6 Å². The molecular weight excluding hydrogens is 348 g/mol. The summed E-state index contributed by atoms with van der Waals surface area (Å²) in [5, 5.41) is 14.4. The van der Waals surface area contributed by atoms with Crippen LogP contribution in [0.4, 0.5) is 0 Å². The molecule has 0 fully saturated rings. The van der Waals surface area contributed by atoms with E-state index in [4.69, 9.17) is 16.3 Å². The van der Waals surface area contributed by atoms with Gasteiger partial charge in [-0.25, -0.2) is 5.43 Å². The second kappa shape index (κ2) is 9.20. The Hall–Kier alpha value is -2.18. The number of para-hydroxylation sites is 1. The number of hydrogen-bond donors (Lipinski definition) is 2. The molecular formula is C17H17ClN2O3S. The standard InChI is InChI=1S/C17H17ClN2O3S/c1-23-15-4-2-3-13(17(15)22)9-19-20-16(21)11-24-10-12-5-7-14(18)8-6-12/h2-9,22H,10-11H2,1H3,(H,20,21). The minimum absolute atomic E-state index is 0.0184. The summed E-state index contributed by atoms with van der Waals surface area (Å²) in [7, 11) is 1.47. The summed E-state index contributed by atoms with van der Waals surface area (Å²) in [6, 6.07) is 12.5. The highest BCUT2D eigenvalue weighted by molar-refractivity contribution is 7.99.